The molecular weight excluding hydrogens is 314 g/mol. The highest BCUT2D eigenvalue weighted by Gasteiger charge is 2.20. The second-order valence-corrected chi connectivity index (χ2v) is 7.34. The molecule has 0 saturated heterocycles. The molecule has 0 saturated carbocycles. The zero-order chi connectivity index (χ0) is 18.2. The quantitative estimate of drug-likeness (QED) is 0.758. The first-order chi connectivity index (χ1) is 12.0. The van der Waals surface area contributed by atoms with Crippen LogP contribution in [0.4, 0.5) is 0 Å². The van der Waals surface area contributed by atoms with Gasteiger partial charge in [-0.25, -0.2) is 0 Å². The van der Waals surface area contributed by atoms with Crippen LogP contribution in [-0.4, -0.2) is 42.4 Å². The topological polar surface area (TPSA) is 61.4 Å². The highest BCUT2D eigenvalue weighted by Crippen LogP contribution is 2.19. The van der Waals surface area contributed by atoms with Crippen molar-refractivity contribution in [2.45, 2.75) is 52.6 Å². The molecule has 2 amide bonds. The summed E-state index contributed by atoms with van der Waals surface area (Å²) in [7, 11) is 0. The number of nitrogens with zero attached hydrogens (tertiary/aromatic N) is 1. The largest absolute Gasteiger partial charge is 0.356 e. The van der Waals surface area contributed by atoms with Gasteiger partial charge in [0.05, 0.1) is 0 Å². The third-order valence-electron chi connectivity index (χ3n) is 4.65. The number of amides is 2. The van der Waals surface area contributed by atoms with Gasteiger partial charge in [0.1, 0.15) is 0 Å². The molecule has 25 heavy (non-hydrogen) atoms. The van der Waals surface area contributed by atoms with Gasteiger partial charge in [-0.3, -0.25) is 14.5 Å². The number of nitrogens with one attached hydrogen (secondary N) is 2. The first-order valence-corrected chi connectivity index (χ1v) is 9.30. The van der Waals surface area contributed by atoms with Gasteiger partial charge in [-0.15, -0.1) is 0 Å². The fourth-order valence-electron chi connectivity index (χ4n) is 3.13. The summed E-state index contributed by atoms with van der Waals surface area (Å²) >= 11 is 0. The van der Waals surface area contributed by atoms with Crippen LogP contribution in [0.5, 0.6) is 0 Å². The number of hydrogen-bond acceptors (Lipinski definition) is 3. The van der Waals surface area contributed by atoms with Gasteiger partial charge >= 0.3 is 0 Å². The molecule has 0 aliphatic carbocycles. The van der Waals surface area contributed by atoms with Crippen LogP contribution < -0.4 is 10.6 Å². The van der Waals surface area contributed by atoms with E-state index < -0.39 is 0 Å². The van der Waals surface area contributed by atoms with E-state index in [4.69, 9.17) is 0 Å². The van der Waals surface area contributed by atoms with Gasteiger partial charge in [-0.05, 0) is 30.4 Å². The van der Waals surface area contributed by atoms with Crippen LogP contribution in [0.2, 0.25) is 0 Å². The van der Waals surface area contributed by atoms with Crippen molar-refractivity contribution in [1.29, 1.82) is 0 Å². The lowest BCUT2D eigenvalue weighted by molar-refractivity contribution is -0.122. The molecule has 0 fully saturated rings. The second kappa shape index (κ2) is 9.56. The number of carbonyl (C=O) groups excluding carboxylic acids is 2. The maximum Gasteiger partial charge on any atom is 0.221 e. The highest BCUT2D eigenvalue weighted by atomic mass is 16.2. The zero-order valence-electron chi connectivity index (χ0n) is 15.7. The Morgan fingerprint density at radius 2 is 1.80 bits per heavy atom. The fraction of sp³-hybridized carbons (Fsp3) is 0.600. The molecule has 5 heteroatoms. The summed E-state index contributed by atoms with van der Waals surface area (Å²) in [5.41, 5.74) is 2.83. The predicted octanol–water partition coefficient (Wildman–Crippen LogP) is 2.10. The minimum atomic E-state index is -0.00546. The van der Waals surface area contributed by atoms with Crippen molar-refractivity contribution in [3.8, 4) is 0 Å². The van der Waals surface area contributed by atoms with Crippen LogP contribution in [0.15, 0.2) is 24.3 Å². The predicted molar refractivity (Wildman–Crippen MR) is 100 cm³/mol. The van der Waals surface area contributed by atoms with Crippen LogP contribution in [0.25, 0.3) is 0 Å². The summed E-state index contributed by atoms with van der Waals surface area (Å²) < 4.78 is 0. The van der Waals surface area contributed by atoms with Crippen molar-refractivity contribution < 1.29 is 9.59 Å². The highest BCUT2D eigenvalue weighted by molar-refractivity contribution is 5.79. The Morgan fingerprint density at radius 1 is 1.08 bits per heavy atom. The average Bonchev–Trinajstić information content (AvgIpc) is 2.58. The molecule has 2 rings (SSSR count). The maximum atomic E-state index is 12.0. The van der Waals surface area contributed by atoms with Gasteiger partial charge in [-0.1, -0.05) is 38.1 Å². The molecule has 0 unspecified atom stereocenters. The van der Waals surface area contributed by atoms with Crippen LogP contribution in [0, 0.1) is 5.92 Å². The van der Waals surface area contributed by atoms with Gasteiger partial charge in [0.25, 0.3) is 0 Å². The van der Waals surface area contributed by atoms with Gasteiger partial charge in [-0.2, -0.15) is 0 Å². The molecule has 1 aromatic carbocycles. The first kappa shape index (κ1) is 19.4. The molecule has 2 N–H and O–H groups in total. The minimum Gasteiger partial charge on any atom is -0.356 e. The summed E-state index contributed by atoms with van der Waals surface area (Å²) in [5, 5.41) is 5.78. The van der Waals surface area contributed by atoms with Crippen molar-refractivity contribution in [2.24, 2.45) is 5.92 Å². The maximum absolute atomic E-state index is 12.0. The smallest absolute Gasteiger partial charge is 0.221 e. The van der Waals surface area contributed by atoms with E-state index in [1.165, 1.54) is 11.1 Å². The van der Waals surface area contributed by atoms with Gasteiger partial charge in [0.15, 0.2) is 0 Å². The molecule has 0 radical (unpaired) electrons. The Labute approximate surface area is 151 Å². The molecule has 0 bridgehead atoms. The first-order valence-electron chi connectivity index (χ1n) is 9.30. The molecule has 1 heterocycles. The SMILES string of the molecule is CC(C)CC(=O)NCCC(=O)NC[C@H](C)N1CCc2ccccc2C1. The van der Waals surface area contributed by atoms with E-state index in [-0.39, 0.29) is 11.8 Å². The van der Waals surface area contributed by atoms with E-state index in [9.17, 15) is 9.59 Å². The Bertz CT molecular complexity index is 586. The molecule has 0 aromatic heterocycles. The van der Waals surface area contributed by atoms with Crippen LogP contribution >= 0.6 is 0 Å². The molecule has 0 spiro atoms. The Kier molecular flexibility index (Phi) is 7.44. The van der Waals surface area contributed by atoms with Crippen molar-refractivity contribution >= 4 is 11.8 Å². The number of fused-ring (bicyclic) bond motifs is 1. The van der Waals surface area contributed by atoms with Gasteiger partial charge in [0, 0.05) is 45.1 Å². The standard InChI is InChI=1S/C20H31N3O2/c1-15(2)12-20(25)21-10-8-19(24)22-13-16(3)23-11-9-17-6-4-5-7-18(17)14-23/h4-7,15-16H,8-14H2,1-3H3,(H,21,25)(H,22,24)/t16-/m0/s1. The third-order valence-corrected chi connectivity index (χ3v) is 4.65. The van der Waals surface area contributed by atoms with Gasteiger partial charge in [0.2, 0.25) is 11.8 Å². The summed E-state index contributed by atoms with van der Waals surface area (Å²) in [6.07, 6.45) is 1.91. The lowest BCUT2D eigenvalue weighted by atomic mass is 9.99. The molecule has 1 aliphatic heterocycles. The molecule has 1 aliphatic rings. The van der Waals surface area contributed by atoms with Crippen molar-refractivity contribution in [3.63, 3.8) is 0 Å². The zero-order valence-corrected chi connectivity index (χ0v) is 15.7. The Hall–Kier alpha value is -1.88. The lowest BCUT2D eigenvalue weighted by Crippen LogP contribution is -2.44. The summed E-state index contributed by atoms with van der Waals surface area (Å²) in [6.45, 7) is 9.18. The number of carbonyl (C=O) groups is 2. The second-order valence-electron chi connectivity index (χ2n) is 7.34. The van der Waals surface area contributed by atoms with E-state index in [1.54, 1.807) is 0 Å². The molecule has 1 atom stereocenters. The fourth-order valence-corrected chi connectivity index (χ4v) is 3.13. The Balaban J connectivity index is 1.65. The normalized spacial score (nSPS) is 15.5. The number of rotatable bonds is 8. The molecule has 5 nitrogen and oxygen atoms in total. The van der Waals surface area contributed by atoms with E-state index in [2.05, 4.69) is 46.7 Å². The van der Waals surface area contributed by atoms with E-state index in [1.807, 2.05) is 13.8 Å². The number of hydrogen-bond donors (Lipinski definition) is 2. The van der Waals surface area contributed by atoms with E-state index in [0.29, 0.717) is 37.9 Å². The Morgan fingerprint density at radius 3 is 2.52 bits per heavy atom. The van der Waals surface area contributed by atoms with Crippen molar-refractivity contribution in [2.75, 3.05) is 19.6 Å². The van der Waals surface area contributed by atoms with E-state index >= 15 is 0 Å². The van der Waals surface area contributed by atoms with Crippen molar-refractivity contribution in [1.82, 2.24) is 15.5 Å². The summed E-state index contributed by atoms with van der Waals surface area (Å²) in [4.78, 5) is 25.9. The monoisotopic (exact) mass is 345 g/mol. The van der Waals surface area contributed by atoms with E-state index in [0.717, 1.165) is 19.5 Å². The summed E-state index contributed by atoms with van der Waals surface area (Å²) in [6, 6.07) is 8.87. The van der Waals surface area contributed by atoms with Crippen molar-refractivity contribution in [3.05, 3.63) is 35.4 Å². The van der Waals surface area contributed by atoms with Gasteiger partial charge < -0.3 is 10.6 Å². The van der Waals surface area contributed by atoms with Crippen LogP contribution in [-0.2, 0) is 22.6 Å². The lowest BCUT2D eigenvalue weighted by Gasteiger charge is -2.33. The molecule has 1 aromatic rings. The minimum absolute atomic E-state index is 0.00546. The molecular formula is C20H31N3O2. The van der Waals surface area contributed by atoms with Crippen LogP contribution in [0.1, 0.15) is 44.7 Å². The third kappa shape index (κ3) is 6.50. The summed E-state index contributed by atoms with van der Waals surface area (Å²) in [5.74, 6) is 0.349. The number of benzene rings is 1. The van der Waals surface area contributed by atoms with Crippen LogP contribution in [0.3, 0.4) is 0 Å². The average molecular weight is 345 g/mol. The molecule has 138 valence electrons.